The van der Waals surface area contributed by atoms with Crippen LogP contribution in [0.1, 0.15) is 23.6 Å². The van der Waals surface area contributed by atoms with Gasteiger partial charge in [0.1, 0.15) is 6.10 Å². The number of hydrogen-bond donors (Lipinski definition) is 0. The average molecular weight is 295 g/mol. The molecule has 1 atom stereocenters. The molecule has 3 nitrogen and oxygen atoms in total. The predicted molar refractivity (Wildman–Crippen MR) is 87.9 cm³/mol. The van der Waals surface area contributed by atoms with Gasteiger partial charge >= 0.3 is 0 Å². The van der Waals surface area contributed by atoms with Gasteiger partial charge in [-0.3, -0.25) is 4.79 Å². The molecule has 0 N–H and O–H groups in total. The van der Waals surface area contributed by atoms with Crippen molar-refractivity contribution < 1.29 is 9.53 Å². The van der Waals surface area contributed by atoms with Crippen molar-refractivity contribution >= 4 is 11.6 Å². The average Bonchev–Trinajstić information content (AvgIpc) is 2.97. The Morgan fingerprint density at radius 3 is 2.68 bits per heavy atom. The fraction of sp³-hybridized carbons (Fsp3) is 0.316. The number of anilines is 1. The fourth-order valence-electron chi connectivity index (χ4n) is 2.76. The van der Waals surface area contributed by atoms with Crippen molar-refractivity contribution in [2.45, 2.75) is 33.0 Å². The summed E-state index contributed by atoms with van der Waals surface area (Å²) in [4.78, 5) is 14.4. The van der Waals surface area contributed by atoms with Crippen LogP contribution >= 0.6 is 0 Å². The first-order valence-corrected chi connectivity index (χ1v) is 7.71. The van der Waals surface area contributed by atoms with Gasteiger partial charge in [0, 0.05) is 12.2 Å². The van der Waals surface area contributed by atoms with Crippen LogP contribution in [0.4, 0.5) is 5.69 Å². The number of nitrogens with zero attached hydrogens (tertiary/aromatic N) is 1. The van der Waals surface area contributed by atoms with E-state index >= 15 is 0 Å². The molecule has 114 valence electrons. The molecule has 22 heavy (non-hydrogen) atoms. The Labute approximate surface area is 131 Å². The van der Waals surface area contributed by atoms with Crippen LogP contribution in [0.15, 0.2) is 48.5 Å². The van der Waals surface area contributed by atoms with Gasteiger partial charge in [-0.2, -0.15) is 0 Å². The maximum absolute atomic E-state index is 12.6. The molecule has 0 saturated heterocycles. The smallest absolute Gasteiger partial charge is 0.255 e. The first-order chi connectivity index (χ1) is 10.6. The van der Waals surface area contributed by atoms with Crippen LogP contribution < -0.4 is 4.90 Å². The summed E-state index contributed by atoms with van der Waals surface area (Å²) in [6.45, 7) is 5.10. The Hall–Kier alpha value is -2.13. The Morgan fingerprint density at radius 2 is 1.91 bits per heavy atom. The summed E-state index contributed by atoms with van der Waals surface area (Å²) < 4.78 is 5.77. The molecule has 0 saturated carbocycles. The number of carbonyl (C=O) groups is 1. The summed E-state index contributed by atoms with van der Waals surface area (Å²) in [6, 6.07) is 16.3. The summed E-state index contributed by atoms with van der Waals surface area (Å²) >= 11 is 0. The number of para-hydroxylation sites is 1. The third-order valence-corrected chi connectivity index (χ3v) is 4.12. The second kappa shape index (κ2) is 6.32. The second-order valence-corrected chi connectivity index (χ2v) is 5.81. The molecule has 2 aromatic rings. The molecule has 0 spiro atoms. The molecular weight excluding hydrogens is 274 g/mol. The normalized spacial score (nSPS) is 14.7. The van der Waals surface area contributed by atoms with Gasteiger partial charge in [-0.25, -0.2) is 0 Å². The largest absolute Gasteiger partial charge is 0.364 e. The minimum absolute atomic E-state index is 0.0389. The van der Waals surface area contributed by atoms with Crippen molar-refractivity contribution in [3.8, 4) is 0 Å². The Kier molecular flexibility index (Phi) is 4.25. The van der Waals surface area contributed by atoms with Gasteiger partial charge in [-0.05, 0) is 37.5 Å². The van der Waals surface area contributed by atoms with Gasteiger partial charge in [0.05, 0.1) is 6.61 Å². The van der Waals surface area contributed by atoms with E-state index in [1.165, 1.54) is 11.1 Å². The highest BCUT2D eigenvalue weighted by Crippen LogP contribution is 2.28. The van der Waals surface area contributed by atoms with E-state index in [0.717, 1.165) is 24.2 Å². The lowest BCUT2D eigenvalue weighted by molar-refractivity contribution is -0.129. The van der Waals surface area contributed by atoms with Crippen molar-refractivity contribution in [3.63, 3.8) is 0 Å². The molecule has 1 amide bonds. The van der Waals surface area contributed by atoms with Crippen LogP contribution in [0, 0.1) is 6.92 Å². The molecule has 2 aromatic carbocycles. The van der Waals surface area contributed by atoms with Crippen molar-refractivity contribution in [1.29, 1.82) is 0 Å². The number of benzene rings is 2. The van der Waals surface area contributed by atoms with E-state index in [2.05, 4.69) is 25.1 Å². The highest BCUT2D eigenvalue weighted by Gasteiger charge is 2.28. The lowest BCUT2D eigenvalue weighted by atomic mass is 10.2. The van der Waals surface area contributed by atoms with E-state index in [-0.39, 0.29) is 5.91 Å². The molecular formula is C19H21NO2. The number of fused-ring (bicyclic) bond motifs is 1. The molecule has 1 aliphatic heterocycles. The standard InChI is InChI=1S/C19H21NO2/c1-14-7-9-16(10-8-14)13-22-15(2)19(21)20-12-11-17-5-3-4-6-18(17)20/h3-10,15H,11-13H2,1-2H3. The van der Waals surface area contributed by atoms with Gasteiger partial charge in [0.2, 0.25) is 0 Å². The number of ether oxygens (including phenoxy) is 1. The molecule has 1 unspecified atom stereocenters. The highest BCUT2D eigenvalue weighted by molar-refractivity contribution is 5.98. The van der Waals surface area contributed by atoms with Crippen LogP contribution in [0.5, 0.6) is 0 Å². The Bertz CT molecular complexity index is 663. The fourth-order valence-corrected chi connectivity index (χ4v) is 2.76. The van der Waals surface area contributed by atoms with Crippen LogP contribution in [-0.2, 0) is 22.6 Å². The molecule has 1 aliphatic rings. The lowest BCUT2D eigenvalue weighted by Crippen LogP contribution is -2.38. The molecule has 1 heterocycles. The highest BCUT2D eigenvalue weighted by atomic mass is 16.5. The summed E-state index contributed by atoms with van der Waals surface area (Å²) in [5, 5.41) is 0. The van der Waals surface area contributed by atoms with Gasteiger partial charge in [0.25, 0.3) is 5.91 Å². The number of aryl methyl sites for hydroxylation is 1. The van der Waals surface area contributed by atoms with Gasteiger partial charge in [-0.1, -0.05) is 48.0 Å². The summed E-state index contributed by atoms with van der Waals surface area (Å²) in [5.74, 6) is 0.0389. The molecule has 0 radical (unpaired) electrons. The summed E-state index contributed by atoms with van der Waals surface area (Å²) in [5.41, 5.74) is 4.58. The number of hydrogen-bond acceptors (Lipinski definition) is 2. The minimum Gasteiger partial charge on any atom is -0.364 e. The third-order valence-electron chi connectivity index (χ3n) is 4.12. The summed E-state index contributed by atoms with van der Waals surface area (Å²) in [6.07, 6.45) is 0.486. The number of amides is 1. The van der Waals surface area contributed by atoms with E-state index in [4.69, 9.17) is 4.74 Å². The molecule has 0 aliphatic carbocycles. The zero-order valence-electron chi connectivity index (χ0n) is 13.1. The third kappa shape index (κ3) is 3.04. The van der Waals surface area contributed by atoms with Crippen molar-refractivity contribution in [3.05, 3.63) is 65.2 Å². The Balaban J connectivity index is 1.62. The van der Waals surface area contributed by atoms with E-state index in [9.17, 15) is 4.79 Å². The quantitative estimate of drug-likeness (QED) is 0.864. The molecule has 0 fully saturated rings. The van der Waals surface area contributed by atoms with Crippen molar-refractivity contribution in [2.24, 2.45) is 0 Å². The lowest BCUT2D eigenvalue weighted by Gasteiger charge is -2.22. The van der Waals surface area contributed by atoms with E-state index in [0.29, 0.717) is 6.61 Å². The predicted octanol–water partition coefficient (Wildman–Crippen LogP) is 3.49. The monoisotopic (exact) mass is 295 g/mol. The van der Waals surface area contributed by atoms with E-state index in [1.807, 2.05) is 42.2 Å². The Morgan fingerprint density at radius 1 is 1.18 bits per heavy atom. The first-order valence-electron chi connectivity index (χ1n) is 7.71. The van der Waals surface area contributed by atoms with Crippen LogP contribution in [0.25, 0.3) is 0 Å². The van der Waals surface area contributed by atoms with E-state index < -0.39 is 6.10 Å². The zero-order chi connectivity index (χ0) is 15.5. The molecule has 3 heteroatoms. The summed E-state index contributed by atoms with van der Waals surface area (Å²) in [7, 11) is 0. The molecule has 3 rings (SSSR count). The zero-order valence-corrected chi connectivity index (χ0v) is 13.1. The van der Waals surface area contributed by atoms with Crippen LogP contribution in [0.2, 0.25) is 0 Å². The van der Waals surface area contributed by atoms with Crippen LogP contribution in [0.3, 0.4) is 0 Å². The van der Waals surface area contributed by atoms with Crippen LogP contribution in [-0.4, -0.2) is 18.6 Å². The number of carbonyl (C=O) groups excluding carboxylic acids is 1. The first kappa shape index (κ1) is 14.8. The van der Waals surface area contributed by atoms with E-state index in [1.54, 1.807) is 0 Å². The maximum atomic E-state index is 12.6. The molecule has 0 aromatic heterocycles. The second-order valence-electron chi connectivity index (χ2n) is 5.81. The maximum Gasteiger partial charge on any atom is 0.255 e. The SMILES string of the molecule is Cc1ccc(COC(C)C(=O)N2CCc3ccccc32)cc1. The van der Waals surface area contributed by atoms with Crippen molar-refractivity contribution in [1.82, 2.24) is 0 Å². The minimum atomic E-state index is -0.438. The van der Waals surface area contributed by atoms with Gasteiger partial charge < -0.3 is 9.64 Å². The van der Waals surface area contributed by atoms with Crippen molar-refractivity contribution in [2.75, 3.05) is 11.4 Å². The van der Waals surface area contributed by atoms with Gasteiger partial charge in [0.15, 0.2) is 0 Å². The van der Waals surface area contributed by atoms with Gasteiger partial charge in [-0.15, -0.1) is 0 Å². The number of rotatable bonds is 4. The molecule has 0 bridgehead atoms. The topological polar surface area (TPSA) is 29.5 Å².